The van der Waals surface area contributed by atoms with E-state index in [-0.39, 0.29) is 30.3 Å². The number of para-hydroxylation sites is 1. The second-order valence-corrected chi connectivity index (χ2v) is 6.65. The molecule has 0 bridgehead atoms. The first-order valence-electron chi connectivity index (χ1n) is 8.78. The summed E-state index contributed by atoms with van der Waals surface area (Å²) >= 11 is 0. The highest BCUT2D eigenvalue weighted by molar-refractivity contribution is 5.95. The zero-order valence-corrected chi connectivity index (χ0v) is 14.7. The summed E-state index contributed by atoms with van der Waals surface area (Å²) < 4.78 is 0. The van der Waals surface area contributed by atoms with Crippen LogP contribution in [-0.2, 0) is 16.0 Å². The van der Waals surface area contributed by atoms with Crippen LogP contribution in [0.2, 0.25) is 0 Å². The topological polar surface area (TPSA) is 49.4 Å². The number of hydrogen-bond donors (Lipinski definition) is 1. The van der Waals surface area contributed by atoms with E-state index in [9.17, 15) is 9.59 Å². The second-order valence-electron chi connectivity index (χ2n) is 6.65. The average molecular weight is 336 g/mol. The van der Waals surface area contributed by atoms with Crippen LogP contribution in [0.25, 0.3) is 0 Å². The number of amides is 2. The molecular formula is C21H24N2O2. The van der Waals surface area contributed by atoms with Crippen LogP contribution >= 0.6 is 0 Å². The Morgan fingerprint density at radius 1 is 1.12 bits per heavy atom. The molecule has 4 heteroatoms. The first-order valence-corrected chi connectivity index (χ1v) is 8.78. The highest BCUT2D eigenvalue weighted by Gasteiger charge is 2.29. The van der Waals surface area contributed by atoms with E-state index in [0.29, 0.717) is 0 Å². The largest absolute Gasteiger partial charge is 0.349 e. The molecule has 0 fully saturated rings. The van der Waals surface area contributed by atoms with Gasteiger partial charge in [0.05, 0.1) is 12.5 Å². The van der Waals surface area contributed by atoms with Crippen LogP contribution < -0.4 is 10.2 Å². The van der Waals surface area contributed by atoms with Crippen molar-refractivity contribution in [2.75, 3.05) is 4.90 Å². The Morgan fingerprint density at radius 3 is 2.52 bits per heavy atom. The molecule has 1 aliphatic heterocycles. The van der Waals surface area contributed by atoms with Crippen LogP contribution in [0, 0.1) is 0 Å². The normalized spacial score (nSPS) is 17.5. The third-order valence-corrected chi connectivity index (χ3v) is 4.75. The summed E-state index contributed by atoms with van der Waals surface area (Å²) in [6.07, 6.45) is 2.20. The maximum absolute atomic E-state index is 13.1. The highest BCUT2D eigenvalue weighted by atomic mass is 16.2. The number of aryl methyl sites for hydroxylation is 1. The molecular weight excluding hydrogens is 312 g/mol. The van der Waals surface area contributed by atoms with Gasteiger partial charge in [0.15, 0.2) is 0 Å². The molecule has 3 rings (SSSR count). The molecule has 1 N–H and O–H groups in total. The average Bonchev–Trinajstić information content (AvgIpc) is 2.61. The van der Waals surface area contributed by atoms with Crippen LogP contribution in [0.15, 0.2) is 54.6 Å². The number of anilines is 1. The number of carbonyl (C=O) groups is 2. The van der Waals surface area contributed by atoms with E-state index in [1.165, 1.54) is 12.5 Å². The number of benzene rings is 2. The predicted molar refractivity (Wildman–Crippen MR) is 99.3 cm³/mol. The maximum atomic E-state index is 13.1. The Bertz CT molecular complexity index is 758. The van der Waals surface area contributed by atoms with Gasteiger partial charge in [0.1, 0.15) is 0 Å². The molecule has 2 atom stereocenters. The Morgan fingerprint density at radius 2 is 1.80 bits per heavy atom. The van der Waals surface area contributed by atoms with E-state index >= 15 is 0 Å². The molecule has 0 saturated heterocycles. The van der Waals surface area contributed by atoms with E-state index < -0.39 is 0 Å². The minimum atomic E-state index is -0.313. The highest BCUT2D eigenvalue weighted by Crippen LogP contribution is 2.32. The lowest BCUT2D eigenvalue weighted by atomic mass is 9.95. The molecule has 0 aromatic heterocycles. The van der Waals surface area contributed by atoms with Crippen molar-refractivity contribution in [3.63, 3.8) is 0 Å². The van der Waals surface area contributed by atoms with Crippen molar-refractivity contribution >= 4 is 17.5 Å². The SMILES string of the molecule is CC(=O)NC(CC(=O)N1c2ccccc2CCC1C)c1ccccc1. The minimum absolute atomic E-state index is 0.0438. The fraction of sp³-hybridized carbons (Fsp3) is 0.333. The summed E-state index contributed by atoms with van der Waals surface area (Å²) in [6.45, 7) is 3.57. The Kier molecular flexibility index (Phi) is 5.17. The molecule has 4 nitrogen and oxygen atoms in total. The second kappa shape index (κ2) is 7.51. The van der Waals surface area contributed by atoms with Gasteiger partial charge < -0.3 is 10.2 Å². The summed E-state index contributed by atoms with van der Waals surface area (Å²) in [5.74, 6) is -0.0870. The molecule has 0 saturated carbocycles. The van der Waals surface area contributed by atoms with Gasteiger partial charge in [-0.25, -0.2) is 0 Å². The number of hydrogen-bond acceptors (Lipinski definition) is 2. The van der Waals surface area contributed by atoms with Crippen molar-refractivity contribution in [3.05, 3.63) is 65.7 Å². The number of nitrogens with one attached hydrogen (secondary N) is 1. The van der Waals surface area contributed by atoms with Crippen LogP contribution in [0.4, 0.5) is 5.69 Å². The van der Waals surface area contributed by atoms with Gasteiger partial charge in [0.2, 0.25) is 11.8 Å². The summed E-state index contributed by atoms with van der Waals surface area (Å²) in [6, 6.07) is 17.6. The fourth-order valence-electron chi connectivity index (χ4n) is 3.52. The fourth-order valence-corrected chi connectivity index (χ4v) is 3.52. The van der Waals surface area contributed by atoms with E-state index in [1.807, 2.05) is 53.4 Å². The lowest BCUT2D eigenvalue weighted by Gasteiger charge is -2.36. The van der Waals surface area contributed by atoms with Gasteiger partial charge in [-0.15, -0.1) is 0 Å². The summed E-state index contributed by atoms with van der Waals surface area (Å²) in [7, 11) is 0. The zero-order valence-electron chi connectivity index (χ0n) is 14.7. The minimum Gasteiger partial charge on any atom is -0.349 e. The van der Waals surface area contributed by atoms with Crippen LogP contribution in [0.1, 0.15) is 43.9 Å². The van der Waals surface area contributed by atoms with E-state index in [4.69, 9.17) is 0 Å². The third kappa shape index (κ3) is 3.90. The number of fused-ring (bicyclic) bond motifs is 1. The van der Waals surface area contributed by atoms with Crippen molar-refractivity contribution in [3.8, 4) is 0 Å². The molecule has 1 heterocycles. The van der Waals surface area contributed by atoms with Crippen molar-refractivity contribution < 1.29 is 9.59 Å². The first kappa shape index (κ1) is 17.2. The van der Waals surface area contributed by atoms with Gasteiger partial charge in [-0.05, 0) is 37.0 Å². The monoisotopic (exact) mass is 336 g/mol. The number of nitrogens with zero attached hydrogens (tertiary/aromatic N) is 1. The zero-order chi connectivity index (χ0) is 17.8. The molecule has 0 radical (unpaired) electrons. The van der Waals surface area contributed by atoms with Gasteiger partial charge in [-0.3, -0.25) is 9.59 Å². The molecule has 0 aliphatic carbocycles. The standard InChI is InChI=1S/C21H24N2O2/c1-15-12-13-18-10-6-7-11-20(18)23(15)21(25)14-19(22-16(2)24)17-8-4-3-5-9-17/h3-11,15,19H,12-14H2,1-2H3,(H,22,24). The van der Waals surface area contributed by atoms with Crippen molar-refractivity contribution in [2.45, 2.75) is 45.2 Å². The Labute approximate surface area is 148 Å². The quantitative estimate of drug-likeness (QED) is 0.927. The van der Waals surface area contributed by atoms with Crippen LogP contribution in [0.5, 0.6) is 0 Å². The molecule has 2 aromatic rings. The Balaban J connectivity index is 1.85. The summed E-state index contributed by atoms with van der Waals surface area (Å²) in [5, 5.41) is 2.92. The van der Waals surface area contributed by atoms with Crippen molar-refractivity contribution in [1.82, 2.24) is 5.32 Å². The van der Waals surface area contributed by atoms with E-state index in [1.54, 1.807) is 0 Å². The van der Waals surface area contributed by atoms with E-state index in [2.05, 4.69) is 18.3 Å². The smallest absolute Gasteiger partial charge is 0.229 e. The maximum Gasteiger partial charge on any atom is 0.229 e. The van der Waals surface area contributed by atoms with Crippen molar-refractivity contribution in [1.29, 1.82) is 0 Å². The molecule has 2 amide bonds. The van der Waals surface area contributed by atoms with Gasteiger partial charge in [-0.2, -0.15) is 0 Å². The first-order chi connectivity index (χ1) is 12.1. The number of rotatable bonds is 4. The van der Waals surface area contributed by atoms with Crippen molar-refractivity contribution in [2.24, 2.45) is 0 Å². The van der Waals surface area contributed by atoms with Crippen LogP contribution in [0.3, 0.4) is 0 Å². The van der Waals surface area contributed by atoms with Gasteiger partial charge in [-0.1, -0.05) is 48.5 Å². The lowest BCUT2D eigenvalue weighted by molar-refractivity contribution is -0.121. The molecule has 0 spiro atoms. The predicted octanol–water partition coefficient (Wildman–Crippen LogP) is 3.62. The van der Waals surface area contributed by atoms with Crippen LogP contribution in [-0.4, -0.2) is 17.9 Å². The van der Waals surface area contributed by atoms with Gasteiger partial charge in [0, 0.05) is 18.7 Å². The lowest BCUT2D eigenvalue weighted by Crippen LogP contribution is -2.43. The van der Waals surface area contributed by atoms with E-state index in [0.717, 1.165) is 24.1 Å². The Hall–Kier alpha value is -2.62. The molecule has 130 valence electrons. The van der Waals surface area contributed by atoms with Gasteiger partial charge >= 0.3 is 0 Å². The third-order valence-electron chi connectivity index (χ3n) is 4.75. The molecule has 25 heavy (non-hydrogen) atoms. The van der Waals surface area contributed by atoms with Gasteiger partial charge in [0.25, 0.3) is 0 Å². The molecule has 2 unspecified atom stereocenters. The summed E-state index contributed by atoms with van der Waals surface area (Å²) in [4.78, 5) is 26.6. The summed E-state index contributed by atoms with van der Waals surface area (Å²) in [5.41, 5.74) is 3.16. The molecule has 2 aromatic carbocycles. The molecule has 1 aliphatic rings. The number of carbonyl (C=O) groups excluding carboxylic acids is 2.